The molecule has 0 atom stereocenters. The van der Waals surface area contributed by atoms with Crippen molar-refractivity contribution >= 4 is 40.9 Å². The highest BCUT2D eigenvalue weighted by atomic mass is 35.5. The van der Waals surface area contributed by atoms with Crippen LogP contribution in [0.1, 0.15) is 37.5 Å². The summed E-state index contributed by atoms with van der Waals surface area (Å²) >= 11 is 6.18. The van der Waals surface area contributed by atoms with Gasteiger partial charge in [-0.1, -0.05) is 41.9 Å². The van der Waals surface area contributed by atoms with Crippen molar-refractivity contribution in [3.63, 3.8) is 0 Å². The van der Waals surface area contributed by atoms with Crippen molar-refractivity contribution in [3.8, 4) is 0 Å². The Kier molecular flexibility index (Phi) is 4.94. The molecule has 2 aromatic carbocycles. The maximum absolute atomic E-state index is 12.8. The molecule has 0 aromatic heterocycles. The third-order valence-corrected chi connectivity index (χ3v) is 6.17. The van der Waals surface area contributed by atoms with Gasteiger partial charge in [0.05, 0.1) is 12.1 Å². The van der Waals surface area contributed by atoms with Gasteiger partial charge >= 0.3 is 6.03 Å². The van der Waals surface area contributed by atoms with E-state index in [-0.39, 0.29) is 23.7 Å². The van der Waals surface area contributed by atoms with Gasteiger partial charge in [-0.2, -0.15) is 0 Å². The second-order valence-corrected chi connectivity index (χ2v) is 8.69. The Balaban J connectivity index is 1.62. The lowest BCUT2D eigenvalue weighted by molar-refractivity contribution is -0.123. The molecule has 1 N–H and O–H groups in total. The number of rotatable bonds is 3. The van der Waals surface area contributed by atoms with E-state index in [4.69, 9.17) is 11.6 Å². The summed E-state index contributed by atoms with van der Waals surface area (Å²) in [5, 5.41) is 3.21. The number of amides is 3. The number of nitrogens with one attached hydrogen (secondary N) is 1. The van der Waals surface area contributed by atoms with Gasteiger partial charge in [-0.25, -0.2) is 4.79 Å². The fraction of sp³-hybridized carbons (Fsp3) is 0.250. The smallest absolute Gasteiger partial charge is 0.329 e. The highest BCUT2D eigenvalue weighted by Crippen LogP contribution is 2.38. The quantitative estimate of drug-likeness (QED) is 0.556. The predicted molar refractivity (Wildman–Crippen MR) is 121 cm³/mol. The first kappa shape index (κ1) is 20.2. The molecule has 2 aliphatic rings. The van der Waals surface area contributed by atoms with Crippen molar-refractivity contribution in [2.75, 3.05) is 11.9 Å². The van der Waals surface area contributed by atoms with E-state index < -0.39 is 6.03 Å². The Morgan fingerprint density at radius 2 is 1.87 bits per heavy atom. The number of urea groups is 1. The minimum absolute atomic E-state index is 0.0638. The van der Waals surface area contributed by atoms with Crippen LogP contribution < -0.4 is 10.2 Å². The maximum Gasteiger partial charge on any atom is 0.329 e. The van der Waals surface area contributed by atoms with Crippen molar-refractivity contribution < 1.29 is 9.59 Å². The van der Waals surface area contributed by atoms with Gasteiger partial charge in [-0.15, -0.1) is 0 Å². The molecule has 30 heavy (non-hydrogen) atoms. The van der Waals surface area contributed by atoms with Crippen LogP contribution in [0.3, 0.4) is 0 Å². The largest absolute Gasteiger partial charge is 0.366 e. The molecule has 0 spiro atoms. The van der Waals surface area contributed by atoms with Crippen LogP contribution in [0.25, 0.3) is 11.6 Å². The van der Waals surface area contributed by atoms with Crippen molar-refractivity contribution in [2.24, 2.45) is 0 Å². The van der Waals surface area contributed by atoms with E-state index in [9.17, 15) is 9.59 Å². The van der Waals surface area contributed by atoms with Crippen molar-refractivity contribution in [2.45, 2.75) is 32.9 Å². The zero-order chi connectivity index (χ0) is 21.6. The minimum Gasteiger partial charge on any atom is -0.366 e. The topological polar surface area (TPSA) is 52.7 Å². The third-order valence-electron chi connectivity index (χ3n) is 5.80. The second kappa shape index (κ2) is 7.33. The van der Waals surface area contributed by atoms with E-state index in [1.807, 2.05) is 18.2 Å². The molecule has 1 fully saturated rings. The zero-order valence-corrected chi connectivity index (χ0v) is 18.2. The summed E-state index contributed by atoms with van der Waals surface area (Å²) in [5.74, 6) is -0.358. The molecule has 154 valence electrons. The molecule has 2 aliphatic heterocycles. The van der Waals surface area contributed by atoms with Gasteiger partial charge in [0.15, 0.2) is 0 Å². The first-order chi connectivity index (χ1) is 14.2. The first-order valence-corrected chi connectivity index (χ1v) is 10.2. The van der Waals surface area contributed by atoms with Gasteiger partial charge in [-0.3, -0.25) is 9.69 Å². The monoisotopic (exact) mass is 421 g/mol. The van der Waals surface area contributed by atoms with Crippen molar-refractivity contribution in [3.05, 3.63) is 76.0 Å². The van der Waals surface area contributed by atoms with Gasteiger partial charge < -0.3 is 10.2 Å². The summed E-state index contributed by atoms with van der Waals surface area (Å²) in [6, 6.07) is 12.8. The molecule has 6 heteroatoms. The average molecular weight is 422 g/mol. The molecule has 1 saturated heterocycles. The van der Waals surface area contributed by atoms with E-state index in [0.29, 0.717) is 5.02 Å². The zero-order valence-electron chi connectivity index (χ0n) is 17.5. The van der Waals surface area contributed by atoms with Crippen LogP contribution in [0, 0.1) is 0 Å². The van der Waals surface area contributed by atoms with E-state index in [2.05, 4.69) is 56.2 Å². The van der Waals surface area contributed by atoms with Gasteiger partial charge in [0.25, 0.3) is 5.91 Å². The standard InChI is InChI=1S/C24H24ClN3O2/c1-15-13-24(2,3)27(4)21-10-9-16(11-18(15)21)12-20-22(29)28(23(30)26-20)14-17-7-5-6-8-19(17)25/h5-13H,14H2,1-4H3,(H,26,30)/b20-12+. The molecule has 0 bridgehead atoms. The summed E-state index contributed by atoms with van der Waals surface area (Å²) in [4.78, 5) is 28.6. The number of carbonyl (C=O) groups excluding carboxylic acids is 2. The molecule has 0 radical (unpaired) electrons. The van der Waals surface area contributed by atoms with Gasteiger partial charge in [0.2, 0.25) is 0 Å². The van der Waals surface area contributed by atoms with Gasteiger partial charge in [0, 0.05) is 23.3 Å². The summed E-state index contributed by atoms with van der Waals surface area (Å²) < 4.78 is 0. The second-order valence-electron chi connectivity index (χ2n) is 8.29. The highest BCUT2D eigenvalue weighted by Gasteiger charge is 2.34. The maximum atomic E-state index is 12.8. The Hall–Kier alpha value is -3.05. The number of carbonyl (C=O) groups is 2. The van der Waals surface area contributed by atoms with Crippen LogP contribution in [-0.2, 0) is 11.3 Å². The summed E-state index contributed by atoms with van der Waals surface area (Å²) in [7, 11) is 2.08. The van der Waals surface area contributed by atoms with Crippen LogP contribution in [-0.4, -0.2) is 29.4 Å². The molecular weight excluding hydrogens is 398 g/mol. The molecule has 0 saturated carbocycles. The van der Waals surface area contributed by atoms with E-state index in [0.717, 1.165) is 22.4 Å². The predicted octanol–water partition coefficient (Wildman–Crippen LogP) is 5.06. The lowest BCUT2D eigenvalue weighted by Gasteiger charge is -2.40. The Morgan fingerprint density at radius 3 is 2.60 bits per heavy atom. The molecule has 5 nitrogen and oxygen atoms in total. The summed E-state index contributed by atoms with van der Waals surface area (Å²) in [6.45, 7) is 6.58. The number of allylic oxidation sites excluding steroid dienone is 1. The molecule has 2 aromatic rings. The third kappa shape index (κ3) is 3.50. The fourth-order valence-electron chi connectivity index (χ4n) is 3.95. The highest BCUT2D eigenvalue weighted by molar-refractivity contribution is 6.31. The first-order valence-electron chi connectivity index (χ1n) is 9.83. The number of benzene rings is 2. The number of anilines is 1. The number of nitrogens with zero attached hydrogens (tertiary/aromatic N) is 2. The fourth-order valence-corrected chi connectivity index (χ4v) is 4.14. The lowest BCUT2D eigenvalue weighted by atomic mass is 9.88. The Morgan fingerprint density at radius 1 is 1.13 bits per heavy atom. The van der Waals surface area contributed by atoms with Crippen LogP contribution in [0.4, 0.5) is 10.5 Å². The van der Waals surface area contributed by atoms with E-state index in [1.54, 1.807) is 18.2 Å². The van der Waals surface area contributed by atoms with Crippen LogP contribution >= 0.6 is 11.6 Å². The van der Waals surface area contributed by atoms with Gasteiger partial charge in [-0.05, 0) is 61.7 Å². The number of fused-ring (bicyclic) bond motifs is 1. The molecule has 3 amide bonds. The SMILES string of the molecule is CC1=CC(C)(C)N(C)c2ccc(/C=C3/NC(=O)N(Cc4ccccc4Cl)C3=O)cc21. The molecule has 0 aliphatic carbocycles. The number of hydrogen-bond acceptors (Lipinski definition) is 3. The summed E-state index contributed by atoms with van der Waals surface area (Å²) in [5.41, 5.74) is 5.24. The van der Waals surface area contributed by atoms with Gasteiger partial charge in [0.1, 0.15) is 5.70 Å². The van der Waals surface area contributed by atoms with Crippen LogP contribution in [0.15, 0.2) is 54.2 Å². The van der Waals surface area contributed by atoms with Crippen molar-refractivity contribution in [1.29, 1.82) is 0 Å². The van der Waals surface area contributed by atoms with Crippen LogP contribution in [0.5, 0.6) is 0 Å². The normalized spacial score (nSPS) is 19.1. The number of hydrogen-bond donors (Lipinski definition) is 1. The average Bonchev–Trinajstić information content (AvgIpc) is 2.95. The minimum atomic E-state index is -0.443. The van der Waals surface area contributed by atoms with Crippen LogP contribution in [0.2, 0.25) is 5.02 Å². The molecule has 2 heterocycles. The van der Waals surface area contributed by atoms with E-state index >= 15 is 0 Å². The molecule has 4 rings (SSSR count). The van der Waals surface area contributed by atoms with E-state index in [1.165, 1.54) is 10.5 Å². The molecule has 0 unspecified atom stereocenters. The molecular formula is C24H24ClN3O2. The number of likely N-dealkylation sites (N-methyl/N-ethyl adjacent to an activating group) is 1. The van der Waals surface area contributed by atoms with Crippen molar-refractivity contribution in [1.82, 2.24) is 10.2 Å². The Bertz CT molecular complexity index is 1120. The number of imide groups is 1. The lowest BCUT2D eigenvalue weighted by Crippen LogP contribution is -2.42. The number of halogens is 1. The Labute approximate surface area is 181 Å². The summed E-state index contributed by atoms with van der Waals surface area (Å²) in [6.07, 6.45) is 3.96.